The van der Waals surface area contributed by atoms with Crippen LogP contribution in [-0.4, -0.2) is 22.5 Å². The molecule has 0 amide bonds. The van der Waals surface area contributed by atoms with E-state index in [1.807, 2.05) is 24.3 Å². The van der Waals surface area contributed by atoms with Gasteiger partial charge in [-0.3, -0.25) is 9.78 Å². The molecular weight excluding hydrogens is 264 g/mol. The monoisotopic (exact) mass is 276 g/mol. The van der Waals surface area contributed by atoms with E-state index in [1.165, 1.54) is 6.20 Å². The van der Waals surface area contributed by atoms with Crippen molar-refractivity contribution in [2.24, 2.45) is 0 Å². The molecule has 0 fully saturated rings. The molecule has 0 aliphatic rings. The van der Waals surface area contributed by atoms with Gasteiger partial charge in [0.25, 0.3) is 0 Å². The summed E-state index contributed by atoms with van der Waals surface area (Å²) in [7, 11) is 0. The average molecular weight is 277 g/mol. The molecule has 0 bridgehead atoms. The highest BCUT2D eigenvalue weighted by atomic mass is 35.5. The number of hydrogen-bond acceptors (Lipinski definition) is 4. The summed E-state index contributed by atoms with van der Waals surface area (Å²) in [6, 6.07) is 5.64. The molecular formula is C14H13ClN2O2. The Morgan fingerprint density at radius 2 is 2.26 bits per heavy atom. The number of aromatic nitrogens is 2. The third-order valence-corrected chi connectivity index (χ3v) is 2.62. The van der Waals surface area contributed by atoms with Crippen molar-refractivity contribution in [3.05, 3.63) is 41.2 Å². The number of carbonyl (C=O) groups is 1. The van der Waals surface area contributed by atoms with Gasteiger partial charge in [-0.25, -0.2) is 4.98 Å². The van der Waals surface area contributed by atoms with E-state index in [9.17, 15) is 4.79 Å². The number of ether oxygens (including phenoxy) is 1. The Morgan fingerprint density at radius 3 is 3.05 bits per heavy atom. The molecule has 1 aromatic heterocycles. The zero-order chi connectivity index (χ0) is 13.7. The van der Waals surface area contributed by atoms with E-state index in [0.717, 1.165) is 16.6 Å². The molecule has 0 saturated carbocycles. The first-order chi connectivity index (χ1) is 9.19. The second-order valence-corrected chi connectivity index (χ2v) is 4.24. The lowest BCUT2D eigenvalue weighted by Crippen LogP contribution is -2.01. The quantitative estimate of drug-likeness (QED) is 0.805. The summed E-state index contributed by atoms with van der Waals surface area (Å²) in [6.07, 6.45) is 5.38. The number of halogens is 1. The van der Waals surface area contributed by atoms with Crippen molar-refractivity contribution in [2.45, 2.75) is 13.3 Å². The topological polar surface area (TPSA) is 52.1 Å². The maximum absolute atomic E-state index is 11.2. The minimum absolute atomic E-state index is 0.234. The first kappa shape index (κ1) is 13.5. The molecule has 0 radical (unpaired) electrons. The predicted molar refractivity (Wildman–Crippen MR) is 74.8 cm³/mol. The lowest BCUT2D eigenvalue weighted by Gasteiger charge is -1.99. The van der Waals surface area contributed by atoms with Crippen molar-refractivity contribution >= 4 is 34.7 Å². The Balaban J connectivity index is 2.12. The second kappa shape index (κ2) is 6.29. The molecule has 1 heterocycles. The highest BCUT2D eigenvalue weighted by Crippen LogP contribution is 2.15. The van der Waals surface area contributed by atoms with E-state index in [-0.39, 0.29) is 12.4 Å². The Kier molecular flexibility index (Phi) is 4.47. The minimum atomic E-state index is -0.234. The predicted octanol–water partition coefficient (Wildman–Crippen LogP) is 3.25. The molecule has 0 aliphatic carbocycles. The molecule has 2 aromatic rings. The van der Waals surface area contributed by atoms with Gasteiger partial charge in [0.15, 0.2) is 0 Å². The van der Waals surface area contributed by atoms with Crippen LogP contribution in [0.2, 0.25) is 5.15 Å². The van der Waals surface area contributed by atoms with Crippen LogP contribution >= 0.6 is 11.6 Å². The van der Waals surface area contributed by atoms with Crippen molar-refractivity contribution in [3.8, 4) is 0 Å². The maximum Gasteiger partial charge on any atom is 0.309 e. The SMILES string of the molecule is CCOC(=O)CC=Cc1ccc2ncc(Cl)nc2c1. The van der Waals surface area contributed by atoms with Crippen molar-refractivity contribution in [3.63, 3.8) is 0 Å². The largest absolute Gasteiger partial charge is 0.466 e. The Morgan fingerprint density at radius 1 is 1.42 bits per heavy atom. The van der Waals surface area contributed by atoms with Gasteiger partial charge in [-0.2, -0.15) is 0 Å². The van der Waals surface area contributed by atoms with E-state index >= 15 is 0 Å². The fourth-order valence-electron chi connectivity index (χ4n) is 1.62. The van der Waals surface area contributed by atoms with Gasteiger partial charge in [0.2, 0.25) is 0 Å². The van der Waals surface area contributed by atoms with Gasteiger partial charge in [-0.15, -0.1) is 0 Å². The molecule has 4 nitrogen and oxygen atoms in total. The lowest BCUT2D eigenvalue weighted by atomic mass is 10.1. The fraction of sp³-hybridized carbons (Fsp3) is 0.214. The zero-order valence-corrected chi connectivity index (χ0v) is 11.2. The van der Waals surface area contributed by atoms with Crippen molar-refractivity contribution in [2.75, 3.05) is 6.61 Å². The van der Waals surface area contributed by atoms with Crippen LogP contribution in [0.1, 0.15) is 18.9 Å². The lowest BCUT2D eigenvalue weighted by molar-refractivity contribution is -0.142. The third-order valence-electron chi connectivity index (χ3n) is 2.44. The standard InChI is InChI=1S/C14H13ClN2O2/c1-2-19-14(18)5-3-4-10-6-7-11-12(8-10)17-13(15)9-16-11/h3-4,6-9H,2,5H2,1H3. The zero-order valence-electron chi connectivity index (χ0n) is 10.5. The molecule has 0 aliphatic heterocycles. The van der Waals surface area contributed by atoms with E-state index in [1.54, 1.807) is 13.0 Å². The van der Waals surface area contributed by atoms with Gasteiger partial charge >= 0.3 is 5.97 Å². The summed E-state index contributed by atoms with van der Waals surface area (Å²) in [4.78, 5) is 19.5. The van der Waals surface area contributed by atoms with Gasteiger partial charge < -0.3 is 4.74 Å². The Bertz CT molecular complexity index is 626. The van der Waals surface area contributed by atoms with Crippen LogP contribution in [0.5, 0.6) is 0 Å². The highest BCUT2D eigenvalue weighted by molar-refractivity contribution is 6.29. The van der Waals surface area contributed by atoms with E-state index in [4.69, 9.17) is 16.3 Å². The van der Waals surface area contributed by atoms with Gasteiger partial charge in [0, 0.05) is 0 Å². The van der Waals surface area contributed by atoms with Crippen molar-refractivity contribution in [1.82, 2.24) is 9.97 Å². The van der Waals surface area contributed by atoms with E-state index < -0.39 is 0 Å². The van der Waals surface area contributed by atoms with Crippen molar-refractivity contribution < 1.29 is 9.53 Å². The van der Waals surface area contributed by atoms with Crippen LogP contribution < -0.4 is 0 Å². The summed E-state index contributed by atoms with van der Waals surface area (Å²) >= 11 is 5.80. The van der Waals surface area contributed by atoms with Gasteiger partial charge in [-0.05, 0) is 24.6 Å². The number of hydrogen-bond donors (Lipinski definition) is 0. The molecule has 5 heteroatoms. The van der Waals surface area contributed by atoms with Gasteiger partial charge in [0.05, 0.1) is 30.3 Å². The normalized spacial score (nSPS) is 11.1. The third kappa shape index (κ3) is 3.76. The average Bonchev–Trinajstić information content (AvgIpc) is 2.38. The molecule has 19 heavy (non-hydrogen) atoms. The Labute approximate surface area is 116 Å². The summed E-state index contributed by atoms with van der Waals surface area (Å²) < 4.78 is 4.84. The summed E-state index contributed by atoms with van der Waals surface area (Å²) in [6.45, 7) is 2.18. The van der Waals surface area contributed by atoms with Crippen LogP contribution in [0.15, 0.2) is 30.5 Å². The molecule has 2 rings (SSSR count). The number of esters is 1. The minimum Gasteiger partial charge on any atom is -0.466 e. The van der Waals surface area contributed by atoms with Crippen LogP contribution in [0, 0.1) is 0 Å². The highest BCUT2D eigenvalue weighted by Gasteiger charge is 1.99. The summed E-state index contributed by atoms with van der Waals surface area (Å²) in [5, 5.41) is 0.361. The molecule has 98 valence electrons. The summed E-state index contributed by atoms with van der Waals surface area (Å²) in [5.41, 5.74) is 2.45. The molecule has 1 aromatic carbocycles. The van der Waals surface area contributed by atoms with Crippen LogP contribution in [0.3, 0.4) is 0 Å². The van der Waals surface area contributed by atoms with Crippen molar-refractivity contribution in [1.29, 1.82) is 0 Å². The van der Waals surface area contributed by atoms with Crippen LogP contribution in [0.25, 0.3) is 17.1 Å². The number of carbonyl (C=O) groups excluding carboxylic acids is 1. The number of nitrogens with zero attached hydrogens (tertiary/aromatic N) is 2. The number of fused-ring (bicyclic) bond motifs is 1. The summed E-state index contributed by atoms with van der Waals surface area (Å²) in [5.74, 6) is -0.234. The fourth-order valence-corrected chi connectivity index (χ4v) is 1.76. The second-order valence-electron chi connectivity index (χ2n) is 3.85. The first-order valence-electron chi connectivity index (χ1n) is 5.93. The molecule has 0 N–H and O–H groups in total. The van der Waals surface area contributed by atoms with Gasteiger partial charge in [0.1, 0.15) is 5.15 Å². The van der Waals surface area contributed by atoms with Gasteiger partial charge in [-0.1, -0.05) is 29.8 Å². The Hall–Kier alpha value is -1.94. The smallest absolute Gasteiger partial charge is 0.309 e. The van der Waals surface area contributed by atoms with E-state index in [2.05, 4.69) is 9.97 Å². The van der Waals surface area contributed by atoms with Crippen LogP contribution in [0.4, 0.5) is 0 Å². The molecule has 0 unspecified atom stereocenters. The van der Waals surface area contributed by atoms with Crippen LogP contribution in [-0.2, 0) is 9.53 Å². The molecule has 0 spiro atoms. The molecule has 0 atom stereocenters. The number of rotatable bonds is 4. The molecule has 0 saturated heterocycles. The van der Waals surface area contributed by atoms with E-state index in [0.29, 0.717) is 11.8 Å². The number of benzene rings is 1. The first-order valence-corrected chi connectivity index (χ1v) is 6.31. The maximum atomic E-state index is 11.2.